The van der Waals surface area contributed by atoms with Gasteiger partial charge in [0.05, 0.1) is 0 Å². The third-order valence-electron chi connectivity index (χ3n) is 4.28. The highest BCUT2D eigenvalue weighted by molar-refractivity contribution is 7.98. The molecule has 2 atom stereocenters. The topological polar surface area (TPSA) is 29.3 Å². The van der Waals surface area contributed by atoms with E-state index in [9.17, 15) is 0 Å². The van der Waals surface area contributed by atoms with Gasteiger partial charge in [-0.15, -0.1) is 11.8 Å². The van der Waals surface area contributed by atoms with E-state index in [0.717, 1.165) is 13.1 Å². The van der Waals surface area contributed by atoms with Crippen molar-refractivity contribution in [2.75, 3.05) is 25.9 Å². The van der Waals surface area contributed by atoms with E-state index in [0.29, 0.717) is 12.0 Å². The van der Waals surface area contributed by atoms with Gasteiger partial charge in [-0.1, -0.05) is 25.5 Å². The first-order valence-electron chi connectivity index (χ1n) is 7.38. The Bertz CT molecular complexity index is 363. The minimum absolute atomic E-state index is 0.508. The summed E-state index contributed by atoms with van der Waals surface area (Å²) in [6.07, 6.45) is 6.02. The molecular weight excluding hydrogens is 252 g/mol. The molecule has 106 valence electrons. The molecule has 2 rings (SSSR count). The van der Waals surface area contributed by atoms with Crippen LogP contribution in [0.15, 0.2) is 29.2 Å². The number of thioether (sulfide) groups is 1. The van der Waals surface area contributed by atoms with E-state index >= 15 is 0 Å². The molecule has 1 aliphatic rings. The van der Waals surface area contributed by atoms with Crippen molar-refractivity contribution in [2.45, 2.75) is 37.1 Å². The summed E-state index contributed by atoms with van der Waals surface area (Å²) in [7, 11) is 0. The first kappa shape index (κ1) is 14.9. The minimum Gasteiger partial charge on any atom is -0.330 e. The fourth-order valence-corrected chi connectivity index (χ4v) is 3.61. The second kappa shape index (κ2) is 7.32. The van der Waals surface area contributed by atoms with Crippen LogP contribution in [0.5, 0.6) is 0 Å². The van der Waals surface area contributed by atoms with Gasteiger partial charge in [0.15, 0.2) is 0 Å². The third kappa shape index (κ3) is 3.53. The summed E-state index contributed by atoms with van der Waals surface area (Å²) in [5, 5.41) is 0. The lowest BCUT2D eigenvalue weighted by atomic mass is 9.89. The molecule has 0 saturated carbocycles. The molecule has 1 fully saturated rings. The van der Waals surface area contributed by atoms with E-state index in [1.165, 1.54) is 36.3 Å². The Morgan fingerprint density at radius 1 is 1.26 bits per heavy atom. The molecule has 1 aromatic rings. The molecule has 2 nitrogen and oxygen atoms in total. The number of benzene rings is 1. The second-order valence-electron chi connectivity index (χ2n) is 5.34. The molecule has 3 heteroatoms. The van der Waals surface area contributed by atoms with Gasteiger partial charge in [0.1, 0.15) is 0 Å². The van der Waals surface area contributed by atoms with Crippen molar-refractivity contribution < 1.29 is 0 Å². The number of rotatable bonds is 4. The van der Waals surface area contributed by atoms with E-state index < -0.39 is 0 Å². The Hall–Kier alpha value is -0.510. The van der Waals surface area contributed by atoms with Crippen LogP contribution in [0.3, 0.4) is 0 Å². The van der Waals surface area contributed by atoms with Gasteiger partial charge in [-0.3, -0.25) is 4.90 Å². The highest BCUT2D eigenvalue weighted by Gasteiger charge is 2.29. The van der Waals surface area contributed by atoms with Crippen LogP contribution in [0, 0.1) is 5.92 Å². The fourth-order valence-electron chi connectivity index (χ4n) is 3.20. The molecule has 0 aliphatic carbocycles. The molecule has 0 bridgehead atoms. The van der Waals surface area contributed by atoms with E-state index in [-0.39, 0.29) is 0 Å². The summed E-state index contributed by atoms with van der Waals surface area (Å²) in [4.78, 5) is 3.95. The monoisotopic (exact) mass is 278 g/mol. The Morgan fingerprint density at radius 3 is 2.58 bits per heavy atom. The number of likely N-dealkylation sites (tertiary alicyclic amines) is 1. The molecule has 19 heavy (non-hydrogen) atoms. The predicted octanol–water partition coefficient (Wildman–Crippen LogP) is 3.53. The van der Waals surface area contributed by atoms with Crippen molar-refractivity contribution in [1.29, 1.82) is 0 Å². The third-order valence-corrected chi connectivity index (χ3v) is 5.02. The first-order valence-corrected chi connectivity index (χ1v) is 8.60. The molecule has 2 unspecified atom stereocenters. The molecule has 0 spiro atoms. The smallest absolute Gasteiger partial charge is 0.0388 e. The maximum Gasteiger partial charge on any atom is 0.0388 e. The lowest BCUT2D eigenvalue weighted by Gasteiger charge is -2.34. The van der Waals surface area contributed by atoms with E-state index in [4.69, 9.17) is 5.73 Å². The van der Waals surface area contributed by atoms with Gasteiger partial charge in [-0.05, 0) is 62.3 Å². The van der Waals surface area contributed by atoms with Gasteiger partial charge in [-0.2, -0.15) is 0 Å². The van der Waals surface area contributed by atoms with Crippen molar-refractivity contribution in [2.24, 2.45) is 11.7 Å². The maximum absolute atomic E-state index is 6.04. The molecule has 1 aromatic carbocycles. The summed E-state index contributed by atoms with van der Waals surface area (Å²) in [6, 6.07) is 9.59. The van der Waals surface area contributed by atoms with Crippen molar-refractivity contribution in [3.8, 4) is 0 Å². The Kier molecular flexibility index (Phi) is 5.74. The fraction of sp³-hybridized carbons (Fsp3) is 0.625. The van der Waals surface area contributed by atoms with Crippen molar-refractivity contribution in [1.82, 2.24) is 4.90 Å². The largest absolute Gasteiger partial charge is 0.330 e. The predicted molar refractivity (Wildman–Crippen MR) is 84.6 cm³/mol. The normalized spacial score (nSPS) is 25.2. The van der Waals surface area contributed by atoms with E-state index in [1.807, 2.05) is 0 Å². The molecular formula is C16H26N2S. The molecule has 0 radical (unpaired) electrons. The zero-order valence-electron chi connectivity index (χ0n) is 12.1. The van der Waals surface area contributed by atoms with Gasteiger partial charge in [-0.25, -0.2) is 0 Å². The first-order chi connectivity index (χ1) is 9.30. The Balaban J connectivity index is 2.27. The minimum atomic E-state index is 0.508. The van der Waals surface area contributed by atoms with E-state index in [1.54, 1.807) is 11.8 Å². The summed E-state index contributed by atoms with van der Waals surface area (Å²) in [5.41, 5.74) is 7.48. The van der Waals surface area contributed by atoms with Crippen LogP contribution < -0.4 is 5.73 Å². The van der Waals surface area contributed by atoms with Gasteiger partial charge in [0.25, 0.3) is 0 Å². The van der Waals surface area contributed by atoms with Gasteiger partial charge in [0.2, 0.25) is 0 Å². The SMILES string of the molecule is CCN1CCCCC(CN)C1c1ccc(SC)cc1. The lowest BCUT2D eigenvalue weighted by Crippen LogP contribution is -2.35. The quantitative estimate of drug-likeness (QED) is 0.854. The Labute approximate surface area is 121 Å². The van der Waals surface area contributed by atoms with Crippen molar-refractivity contribution in [3.05, 3.63) is 29.8 Å². The van der Waals surface area contributed by atoms with Gasteiger partial charge in [0, 0.05) is 10.9 Å². The molecule has 1 heterocycles. The van der Waals surface area contributed by atoms with Gasteiger partial charge >= 0.3 is 0 Å². The molecule has 0 amide bonds. The molecule has 1 aliphatic heterocycles. The van der Waals surface area contributed by atoms with Crippen LogP contribution in [0.1, 0.15) is 37.8 Å². The standard InChI is InChI=1S/C16H26N2S/c1-3-18-11-5-4-6-14(12-17)16(18)13-7-9-15(19-2)10-8-13/h7-10,14,16H,3-6,11-12,17H2,1-2H3. The van der Waals surface area contributed by atoms with Crippen molar-refractivity contribution >= 4 is 11.8 Å². The summed E-state index contributed by atoms with van der Waals surface area (Å²) >= 11 is 1.80. The number of nitrogens with two attached hydrogens (primary N) is 1. The van der Waals surface area contributed by atoms with Crippen LogP contribution >= 0.6 is 11.8 Å². The van der Waals surface area contributed by atoms with Crippen LogP contribution in [0.4, 0.5) is 0 Å². The maximum atomic E-state index is 6.04. The highest BCUT2D eigenvalue weighted by atomic mass is 32.2. The van der Waals surface area contributed by atoms with Crippen molar-refractivity contribution in [3.63, 3.8) is 0 Å². The lowest BCUT2D eigenvalue weighted by molar-refractivity contribution is 0.166. The van der Waals surface area contributed by atoms with Crippen LogP contribution in [-0.2, 0) is 0 Å². The van der Waals surface area contributed by atoms with Gasteiger partial charge < -0.3 is 5.73 Å². The average molecular weight is 278 g/mol. The zero-order valence-corrected chi connectivity index (χ0v) is 13.0. The highest BCUT2D eigenvalue weighted by Crippen LogP contribution is 2.35. The van der Waals surface area contributed by atoms with Crippen LogP contribution in [-0.4, -0.2) is 30.8 Å². The second-order valence-corrected chi connectivity index (χ2v) is 6.22. The molecule has 0 aromatic heterocycles. The Morgan fingerprint density at radius 2 is 2.00 bits per heavy atom. The zero-order chi connectivity index (χ0) is 13.7. The number of hydrogen-bond donors (Lipinski definition) is 1. The number of hydrogen-bond acceptors (Lipinski definition) is 3. The summed E-state index contributed by atoms with van der Waals surface area (Å²) in [6.45, 7) is 5.39. The van der Waals surface area contributed by atoms with Crippen LogP contribution in [0.25, 0.3) is 0 Å². The average Bonchev–Trinajstić information content (AvgIpc) is 2.68. The summed E-state index contributed by atoms with van der Waals surface area (Å²) < 4.78 is 0. The van der Waals surface area contributed by atoms with Crippen LogP contribution in [0.2, 0.25) is 0 Å². The molecule has 2 N–H and O–H groups in total. The molecule has 1 saturated heterocycles. The number of nitrogens with zero attached hydrogens (tertiary/aromatic N) is 1. The van der Waals surface area contributed by atoms with E-state index in [2.05, 4.69) is 42.3 Å². The summed E-state index contributed by atoms with van der Waals surface area (Å²) in [5.74, 6) is 0.600.